The first-order chi connectivity index (χ1) is 13.0. The highest BCUT2D eigenvalue weighted by molar-refractivity contribution is 5.91. The number of ether oxygens (including phenoxy) is 1. The molecule has 5 nitrogen and oxygen atoms in total. The van der Waals surface area contributed by atoms with E-state index >= 15 is 0 Å². The van der Waals surface area contributed by atoms with Crippen molar-refractivity contribution in [1.82, 2.24) is 0 Å². The van der Waals surface area contributed by atoms with Crippen LogP contribution in [0, 0.1) is 0 Å². The minimum atomic E-state index is -0.393. The number of phenolic OH excluding ortho intramolecular Hbond substituents is 2. The molecule has 2 aromatic carbocycles. The van der Waals surface area contributed by atoms with E-state index < -0.39 is 5.43 Å². The van der Waals surface area contributed by atoms with Crippen molar-refractivity contribution in [1.29, 1.82) is 0 Å². The maximum absolute atomic E-state index is 12.8. The van der Waals surface area contributed by atoms with Gasteiger partial charge in [0.1, 0.15) is 34.0 Å². The van der Waals surface area contributed by atoms with E-state index in [-0.39, 0.29) is 40.9 Å². The van der Waals surface area contributed by atoms with Crippen molar-refractivity contribution in [2.24, 2.45) is 0 Å². The molecule has 0 atom stereocenters. The number of methoxy groups -OCH3 is 1. The zero-order chi connectivity index (χ0) is 19.6. The van der Waals surface area contributed by atoms with Gasteiger partial charge in [-0.05, 0) is 37.1 Å². The fraction of sp³-hybridized carbons (Fsp3) is 0.136. The van der Waals surface area contributed by atoms with Gasteiger partial charge in [0.05, 0.1) is 7.11 Å². The van der Waals surface area contributed by atoms with Gasteiger partial charge in [-0.15, -0.1) is 13.2 Å². The van der Waals surface area contributed by atoms with Crippen LogP contribution in [-0.4, -0.2) is 17.3 Å². The van der Waals surface area contributed by atoms with Gasteiger partial charge in [0.15, 0.2) is 5.43 Å². The molecule has 1 aromatic heterocycles. The second-order valence-corrected chi connectivity index (χ2v) is 6.05. The molecule has 0 aliphatic carbocycles. The number of phenols is 2. The molecular formula is C22H20O5. The SMILES string of the molecule is C=CCc1c(O)c(CC=C)c2oc(-c3ccc(OC)cc3)cc(=O)c2c1O. The highest BCUT2D eigenvalue weighted by Crippen LogP contribution is 2.40. The van der Waals surface area contributed by atoms with Gasteiger partial charge in [-0.1, -0.05) is 12.2 Å². The minimum absolute atomic E-state index is 0.0405. The van der Waals surface area contributed by atoms with Gasteiger partial charge in [-0.25, -0.2) is 0 Å². The molecule has 0 spiro atoms. The van der Waals surface area contributed by atoms with E-state index in [4.69, 9.17) is 9.15 Å². The Morgan fingerprint density at radius 1 is 1.04 bits per heavy atom. The topological polar surface area (TPSA) is 79.9 Å². The smallest absolute Gasteiger partial charge is 0.197 e. The van der Waals surface area contributed by atoms with Crippen LogP contribution in [0.5, 0.6) is 17.2 Å². The molecule has 0 saturated carbocycles. The molecule has 0 saturated heterocycles. The summed E-state index contributed by atoms with van der Waals surface area (Å²) in [4.78, 5) is 12.8. The maximum atomic E-state index is 12.8. The molecule has 3 aromatic rings. The van der Waals surface area contributed by atoms with Crippen LogP contribution >= 0.6 is 0 Å². The lowest BCUT2D eigenvalue weighted by atomic mass is 9.97. The van der Waals surface area contributed by atoms with Crippen LogP contribution in [0.3, 0.4) is 0 Å². The van der Waals surface area contributed by atoms with E-state index in [1.807, 2.05) is 0 Å². The number of rotatable bonds is 6. The van der Waals surface area contributed by atoms with Crippen molar-refractivity contribution in [2.45, 2.75) is 12.8 Å². The molecule has 2 N–H and O–H groups in total. The highest BCUT2D eigenvalue weighted by atomic mass is 16.5. The summed E-state index contributed by atoms with van der Waals surface area (Å²) in [5, 5.41) is 21.2. The Bertz CT molecular complexity index is 1070. The predicted molar refractivity (Wildman–Crippen MR) is 106 cm³/mol. The largest absolute Gasteiger partial charge is 0.507 e. The minimum Gasteiger partial charge on any atom is -0.507 e. The zero-order valence-corrected chi connectivity index (χ0v) is 15.0. The first kappa shape index (κ1) is 18.3. The number of fused-ring (bicyclic) bond motifs is 1. The summed E-state index contributed by atoms with van der Waals surface area (Å²) in [6.45, 7) is 7.33. The Morgan fingerprint density at radius 2 is 1.67 bits per heavy atom. The van der Waals surface area contributed by atoms with E-state index in [2.05, 4.69) is 13.2 Å². The van der Waals surface area contributed by atoms with Gasteiger partial charge in [-0.3, -0.25) is 4.79 Å². The van der Waals surface area contributed by atoms with E-state index in [0.717, 1.165) is 0 Å². The average Bonchev–Trinajstić information content (AvgIpc) is 2.68. The second-order valence-electron chi connectivity index (χ2n) is 6.05. The normalized spacial score (nSPS) is 10.7. The second kappa shape index (κ2) is 7.41. The first-order valence-corrected chi connectivity index (χ1v) is 8.41. The molecule has 27 heavy (non-hydrogen) atoms. The van der Waals surface area contributed by atoms with Gasteiger partial charge < -0.3 is 19.4 Å². The Balaban J connectivity index is 2.34. The van der Waals surface area contributed by atoms with Crippen LogP contribution in [0.15, 0.2) is 64.9 Å². The molecule has 138 valence electrons. The van der Waals surface area contributed by atoms with Gasteiger partial charge in [-0.2, -0.15) is 0 Å². The lowest BCUT2D eigenvalue weighted by molar-refractivity contribution is 0.415. The Hall–Kier alpha value is -3.47. The van der Waals surface area contributed by atoms with Gasteiger partial charge in [0.2, 0.25) is 0 Å². The predicted octanol–water partition coefficient (Wildman–Crippen LogP) is 4.34. The monoisotopic (exact) mass is 364 g/mol. The van der Waals surface area contributed by atoms with Crippen LogP contribution in [0.1, 0.15) is 11.1 Å². The molecule has 1 heterocycles. The van der Waals surface area contributed by atoms with Crippen LogP contribution in [0.25, 0.3) is 22.3 Å². The summed E-state index contributed by atoms with van der Waals surface area (Å²) in [6, 6.07) is 8.37. The van der Waals surface area contributed by atoms with Crippen molar-refractivity contribution < 1.29 is 19.4 Å². The van der Waals surface area contributed by atoms with Crippen molar-refractivity contribution >= 4 is 11.0 Å². The van der Waals surface area contributed by atoms with E-state index in [9.17, 15) is 15.0 Å². The van der Waals surface area contributed by atoms with Crippen LogP contribution in [0.4, 0.5) is 0 Å². The molecule has 0 radical (unpaired) electrons. The maximum Gasteiger partial charge on any atom is 0.197 e. The molecule has 5 heteroatoms. The van der Waals surface area contributed by atoms with E-state index in [1.54, 1.807) is 43.5 Å². The van der Waals surface area contributed by atoms with Crippen molar-refractivity contribution in [3.05, 3.63) is 77.0 Å². The third kappa shape index (κ3) is 3.19. The number of allylic oxidation sites excluding steroid dienone is 2. The van der Waals surface area contributed by atoms with E-state index in [0.29, 0.717) is 22.6 Å². The molecule has 0 amide bonds. The lowest BCUT2D eigenvalue weighted by Gasteiger charge is -2.14. The highest BCUT2D eigenvalue weighted by Gasteiger charge is 2.22. The van der Waals surface area contributed by atoms with Crippen molar-refractivity contribution in [2.75, 3.05) is 7.11 Å². The quantitative estimate of drug-likeness (QED) is 0.636. The molecule has 3 rings (SSSR count). The van der Waals surface area contributed by atoms with Crippen LogP contribution in [-0.2, 0) is 12.8 Å². The van der Waals surface area contributed by atoms with Crippen LogP contribution in [0.2, 0.25) is 0 Å². The van der Waals surface area contributed by atoms with Crippen LogP contribution < -0.4 is 10.2 Å². The fourth-order valence-corrected chi connectivity index (χ4v) is 3.05. The molecule has 0 bridgehead atoms. The number of hydrogen-bond donors (Lipinski definition) is 2. The molecule has 0 fully saturated rings. The Kier molecular flexibility index (Phi) is 5.03. The van der Waals surface area contributed by atoms with Gasteiger partial charge in [0, 0.05) is 22.8 Å². The number of hydrogen-bond acceptors (Lipinski definition) is 5. The van der Waals surface area contributed by atoms with Gasteiger partial charge >= 0.3 is 0 Å². The Morgan fingerprint density at radius 3 is 2.26 bits per heavy atom. The molecular weight excluding hydrogens is 344 g/mol. The first-order valence-electron chi connectivity index (χ1n) is 8.41. The summed E-state index contributed by atoms with van der Waals surface area (Å²) in [7, 11) is 1.57. The fourth-order valence-electron chi connectivity index (χ4n) is 3.05. The third-order valence-electron chi connectivity index (χ3n) is 4.39. The third-order valence-corrected chi connectivity index (χ3v) is 4.39. The number of aromatic hydroxyl groups is 2. The number of benzene rings is 2. The molecule has 0 unspecified atom stereocenters. The standard InChI is InChI=1S/C22H20O5/c1-4-6-15-20(24)16(7-5-2)22-19(21(15)25)17(23)12-18(27-22)13-8-10-14(26-3)11-9-13/h4-5,8-12,24-25H,1-2,6-7H2,3H3. The molecule has 0 aliphatic heterocycles. The van der Waals surface area contributed by atoms with Crippen molar-refractivity contribution in [3.63, 3.8) is 0 Å². The van der Waals surface area contributed by atoms with Crippen molar-refractivity contribution in [3.8, 4) is 28.6 Å². The Labute approximate surface area is 156 Å². The summed E-state index contributed by atoms with van der Waals surface area (Å²) in [5.74, 6) is 0.606. The average molecular weight is 364 g/mol. The van der Waals surface area contributed by atoms with E-state index in [1.165, 1.54) is 6.07 Å². The lowest BCUT2D eigenvalue weighted by Crippen LogP contribution is -2.05. The summed E-state index contributed by atoms with van der Waals surface area (Å²) in [6.07, 6.45) is 3.65. The molecule has 0 aliphatic rings. The summed E-state index contributed by atoms with van der Waals surface area (Å²) < 4.78 is 11.1. The van der Waals surface area contributed by atoms with Gasteiger partial charge in [0.25, 0.3) is 0 Å². The zero-order valence-electron chi connectivity index (χ0n) is 15.0. The summed E-state index contributed by atoms with van der Waals surface area (Å²) >= 11 is 0. The summed E-state index contributed by atoms with van der Waals surface area (Å²) in [5.41, 5.74) is 1.08.